The van der Waals surface area contributed by atoms with E-state index in [0.29, 0.717) is 12.0 Å². The summed E-state index contributed by atoms with van der Waals surface area (Å²) in [4.78, 5) is 21.4. The topological polar surface area (TPSA) is 72.8 Å². The molecule has 1 N–H and O–H groups in total. The van der Waals surface area contributed by atoms with Crippen LogP contribution in [0.15, 0.2) is 12.2 Å². The van der Waals surface area contributed by atoms with E-state index >= 15 is 0 Å². The maximum atomic E-state index is 11.0. The average Bonchev–Trinajstić information content (AvgIpc) is 2.22. The lowest BCUT2D eigenvalue weighted by Gasteiger charge is -2.05. The van der Waals surface area contributed by atoms with Gasteiger partial charge >= 0.3 is 11.9 Å². The number of rotatable bonds is 6. The standard InChI is InChI=1S/C9H14O5/c1-3-7(2)9(12)14-5-4-13-8(11)6-10/h10H,2-6H2,1H3. The molecule has 5 nitrogen and oxygen atoms in total. The Hall–Kier alpha value is -1.36. The molecule has 0 aromatic carbocycles. The van der Waals surface area contributed by atoms with Crippen molar-refractivity contribution in [2.24, 2.45) is 0 Å². The van der Waals surface area contributed by atoms with Crippen molar-refractivity contribution in [3.63, 3.8) is 0 Å². The van der Waals surface area contributed by atoms with Crippen molar-refractivity contribution in [3.8, 4) is 0 Å². The van der Waals surface area contributed by atoms with Crippen molar-refractivity contribution in [2.75, 3.05) is 19.8 Å². The minimum atomic E-state index is -0.740. The minimum Gasteiger partial charge on any atom is -0.460 e. The smallest absolute Gasteiger partial charge is 0.333 e. The van der Waals surface area contributed by atoms with Crippen LogP contribution in [0, 0.1) is 0 Å². The van der Waals surface area contributed by atoms with Crippen molar-refractivity contribution >= 4 is 11.9 Å². The second kappa shape index (κ2) is 7.08. The normalized spacial score (nSPS) is 9.29. The summed E-state index contributed by atoms with van der Waals surface area (Å²) in [6, 6.07) is 0. The van der Waals surface area contributed by atoms with Crippen molar-refractivity contribution in [3.05, 3.63) is 12.2 Å². The first kappa shape index (κ1) is 12.6. The Morgan fingerprint density at radius 3 is 2.36 bits per heavy atom. The maximum Gasteiger partial charge on any atom is 0.333 e. The molecule has 0 atom stereocenters. The van der Waals surface area contributed by atoms with Crippen molar-refractivity contribution in [1.29, 1.82) is 0 Å². The van der Waals surface area contributed by atoms with E-state index in [1.807, 2.05) is 0 Å². The third kappa shape index (κ3) is 5.31. The molecule has 14 heavy (non-hydrogen) atoms. The lowest BCUT2D eigenvalue weighted by atomic mass is 10.2. The van der Waals surface area contributed by atoms with Crippen LogP contribution in [0.3, 0.4) is 0 Å². The molecule has 0 heterocycles. The van der Waals surface area contributed by atoms with Gasteiger partial charge in [-0.25, -0.2) is 9.59 Å². The van der Waals surface area contributed by atoms with Crippen LogP contribution < -0.4 is 0 Å². The van der Waals surface area contributed by atoms with Crippen LogP contribution in [0.1, 0.15) is 13.3 Å². The van der Waals surface area contributed by atoms with Gasteiger partial charge in [0, 0.05) is 5.57 Å². The van der Waals surface area contributed by atoms with E-state index in [2.05, 4.69) is 11.3 Å². The quantitative estimate of drug-likeness (QED) is 0.374. The molecule has 0 aliphatic carbocycles. The summed E-state index contributed by atoms with van der Waals surface area (Å²) in [6.07, 6.45) is 0.523. The van der Waals surface area contributed by atoms with Crippen molar-refractivity contribution in [1.82, 2.24) is 0 Å². The summed E-state index contributed by atoms with van der Waals surface area (Å²) in [5.74, 6) is -1.23. The first-order chi connectivity index (χ1) is 6.61. The van der Waals surface area contributed by atoms with Gasteiger partial charge in [0.15, 0.2) is 0 Å². The van der Waals surface area contributed by atoms with E-state index in [1.54, 1.807) is 6.92 Å². The Labute approximate surface area is 82.3 Å². The number of carbonyl (C=O) groups is 2. The average molecular weight is 202 g/mol. The maximum absolute atomic E-state index is 11.0. The number of hydrogen-bond acceptors (Lipinski definition) is 5. The van der Waals surface area contributed by atoms with Gasteiger partial charge in [-0.3, -0.25) is 0 Å². The Morgan fingerprint density at radius 2 is 1.86 bits per heavy atom. The number of aliphatic hydroxyl groups is 1. The van der Waals surface area contributed by atoms with Gasteiger partial charge in [-0.05, 0) is 6.42 Å². The molecule has 0 aliphatic heterocycles. The molecule has 0 aromatic heterocycles. The first-order valence-corrected chi connectivity index (χ1v) is 4.23. The Balaban J connectivity index is 3.50. The Kier molecular flexibility index (Phi) is 6.39. The summed E-state index contributed by atoms with van der Waals surface area (Å²) < 4.78 is 9.15. The summed E-state index contributed by atoms with van der Waals surface area (Å²) in [7, 11) is 0. The molecule has 0 fully saturated rings. The highest BCUT2D eigenvalue weighted by molar-refractivity contribution is 5.87. The SMILES string of the molecule is C=C(CC)C(=O)OCCOC(=O)CO. The predicted molar refractivity (Wildman–Crippen MR) is 48.4 cm³/mol. The van der Waals surface area contributed by atoms with E-state index in [9.17, 15) is 9.59 Å². The highest BCUT2D eigenvalue weighted by Crippen LogP contribution is 1.98. The highest BCUT2D eigenvalue weighted by Gasteiger charge is 2.06. The summed E-state index contributed by atoms with van der Waals surface area (Å²) in [5.41, 5.74) is 0.374. The van der Waals surface area contributed by atoms with Gasteiger partial charge < -0.3 is 14.6 Å². The fraction of sp³-hybridized carbons (Fsp3) is 0.556. The minimum absolute atomic E-state index is 0.0242. The molecular weight excluding hydrogens is 188 g/mol. The molecule has 0 rings (SSSR count). The van der Waals surface area contributed by atoms with Gasteiger partial charge in [-0.2, -0.15) is 0 Å². The third-order valence-electron chi connectivity index (χ3n) is 1.42. The van der Waals surface area contributed by atoms with E-state index < -0.39 is 18.5 Å². The lowest BCUT2D eigenvalue weighted by molar-refractivity contribution is -0.152. The van der Waals surface area contributed by atoms with Gasteiger partial charge in [-0.15, -0.1) is 0 Å². The summed E-state index contributed by atoms with van der Waals surface area (Å²) >= 11 is 0. The van der Waals surface area contributed by atoms with Gasteiger partial charge in [-0.1, -0.05) is 13.5 Å². The van der Waals surface area contributed by atoms with Gasteiger partial charge in [0.05, 0.1) is 0 Å². The van der Waals surface area contributed by atoms with Crippen LogP contribution >= 0.6 is 0 Å². The van der Waals surface area contributed by atoms with Crippen LogP contribution in [0.5, 0.6) is 0 Å². The van der Waals surface area contributed by atoms with Gasteiger partial charge in [0.2, 0.25) is 0 Å². The lowest BCUT2D eigenvalue weighted by Crippen LogP contribution is -2.16. The molecule has 0 saturated heterocycles. The zero-order valence-corrected chi connectivity index (χ0v) is 8.12. The van der Waals surface area contributed by atoms with Crippen LogP contribution in [0.2, 0.25) is 0 Å². The fourth-order valence-corrected chi connectivity index (χ4v) is 0.582. The molecule has 0 aliphatic rings. The van der Waals surface area contributed by atoms with Crippen LogP contribution in [-0.2, 0) is 19.1 Å². The first-order valence-electron chi connectivity index (χ1n) is 4.23. The molecular formula is C9H14O5. The van der Waals surface area contributed by atoms with E-state index in [4.69, 9.17) is 9.84 Å². The van der Waals surface area contributed by atoms with Gasteiger partial charge in [0.1, 0.15) is 19.8 Å². The monoisotopic (exact) mass is 202 g/mol. The molecule has 0 amide bonds. The predicted octanol–water partition coefficient (Wildman–Crippen LogP) is 0.0313. The molecule has 0 saturated carbocycles. The van der Waals surface area contributed by atoms with E-state index in [0.717, 1.165) is 0 Å². The fourth-order valence-electron chi connectivity index (χ4n) is 0.582. The van der Waals surface area contributed by atoms with Crippen molar-refractivity contribution in [2.45, 2.75) is 13.3 Å². The molecule has 80 valence electrons. The van der Waals surface area contributed by atoms with Crippen LogP contribution in [0.4, 0.5) is 0 Å². The molecule has 5 heteroatoms. The molecule has 0 bridgehead atoms. The van der Waals surface area contributed by atoms with Gasteiger partial charge in [0.25, 0.3) is 0 Å². The second-order valence-corrected chi connectivity index (χ2v) is 2.47. The Morgan fingerprint density at radius 1 is 1.29 bits per heavy atom. The molecule has 0 unspecified atom stereocenters. The second-order valence-electron chi connectivity index (χ2n) is 2.47. The third-order valence-corrected chi connectivity index (χ3v) is 1.42. The highest BCUT2D eigenvalue weighted by atomic mass is 16.6. The zero-order chi connectivity index (χ0) is 11.0. The molecule has 0 radical (unpaired) electrons. The largest absolute Gasteiger partial charge is 0.460 e. The summed E-state index contributed by atoms with van der Waals surface area (Å²) in [5, 5.41) is 8.27. The van der Waals surface area contributed by atoms with E-state index in [-0.39, 0.29) is 13.2 Å². The summed E-state index contributed by atoms with van der Waals surface area (Å²) in [6.45, 7) is 4.52. The molecule has 0 aromatic rings. The van der Waals surface area contributed by atoms with E-state index in [1.165, 1.54) is 0 Å². The molecule has 0 spiro atoms. The number of carbonyl (C=O) groups excluding carboxylic acids is 2. The van der Waals surface area contributed by atoms with Crippen molar-refractivity contribution < 1.29 is 24.2 Å². The number of esters is 2. The zero-order valence-electron chi connectivity index (χ0n) is 8.12. The van der Waals surface area contributed by atoms with Crippen LogP contribution in [-0.4, -0.2) is 36.9 Å². The number of hydrogen-bond donors (Lipinski definition) is 1. The number of aliphatic hydroxyl groups excluding tert-OH is 1. The Bertz CT molecular complexity index is 221. The van der Waals surface area contributed by atoms with Crippen LogP contribution in [0.25, 0.3) is 0 Å². The number of ether oxygens (including phenoxy) is 2.